The molecule has 0 amide bonds. The molecule has 1 aliphatic rings. The monoisotopic (exact) mass is 495 g/mol. The molecule has 2 aromatic carbocycles. The number of carbonyl (C=O) groups is 1. The van der Waals surface area contributed by atoms with Crippen molar-refractivity contribution in [1.82, 2.24) is 4.31 Å². The Labute approximate surface area is 184 Å². The Hall–Kier alpha value is -2.20. The molecule has 0 radical (unpaired) electrons. The number of nitrogens with zero attached hydrogens (tertiary/aromatic N) is 1. The van der Waals surface area contributed by atoms with Gasteiger partial charge < -0.3 is 14.2 Å². The molecule has 1 saturated heterocycles. The maximum Gasteiger partial charge on any atom is 0.330 e. The van der Waals surface area contributed by atoms with Gasteiger partial charge in [0.1, 0.15) is 19.0 Å². The largest absolute Gasteiger partial charge is 0.490 e. The fraction of sp³-hybridized carbons (Fsp3) is 0.286. The second-order valence-corrected chi connectivity index (χ2v) is 9.24. The van der Waals surface area contributed by atoms with Gasteiger partial charge in [-0.15, -0.1) is 0 Å². The van der Waals surface area contributed by atoms with Crippen molar-refractivity contribution >= 4 is 38.0 Å². The number of hydrogen-bond donors (Lipinski definition) is 0. The Bertz CT molecular complexity index is 968. The summed E-state index contributed by atoms with van der Waals surface area (Å²) in [5.74, 6) is 0.191. The summed E-state index contributed by atoms with van der Waals surface area (Å²) in [7, 11) is -3.53. The van der Waals surface area contributed by atoms with Crippen LogP contribution in [0.3, 0.4) is 0 Å². The summed E-state index contributed by atoms with van der Waals surface area (Å²) < 4.78 is 43.3. The number of sulfonamides is 1. The first-order valence-corrected chi connectivity index (χ1v) is 11.6. The molecular formula is C21H22BrNO6S. The van der Waals surface area contributed by atoms with Gasteiger partial charge in [0.05, 0.1) is 18.1 Å². The molecule has 0 unspecified atom stereocenters. The summed E-state index contributed by atoms with van der Waals surface area (Å²) in [6, 6.07) is 13.7. The molecule has 1 fully saturated rings. The summed E-state index contributed by atoms with van der Waals surface area (Å²) in [6.45, 7) is 1.86. The van der Waals surface area contributed by atoms with Crippen LogP contribution in [0.4, 0.5) is 0 Å². The lowest BCUT2D eigenvalue weighted by Gasteiger charge is -2.26. The molecule has 0 atom stereocenters. The number of rotatable bonds is 8. The number of hydrogen-bond acceptors (Lipinski definition) is 6. The quantitative estimate of drug-likeness (QED) is 0.318. The van der Waals surface area contributed by atoms with Gasteiger partial charge in [0.15, 0.2) is 0 Å². The Morgan fingerprint density at radius 1 is 1.03 bits per heavy atom. The van der Waals surface area contributed by atoms with E-state index in [0.29, 0.717) is 37.6 Å². The van der Waals surface area contributed by atoms with E-state index in [2.05, 4.69) is 15.9 Å². The minimum absolute atomic E-state index is 0.121. The predicted octanol–water partition coefficient (Wildman–Crippen LogP) is 3.11. The molecule has 0 saturated carbocycles. The zero-order chi connectivity index (χ0) is 21.4. The van der Waals surface area contributed by atoms with E-state index in [1.54, 1.807) is 18.2 Å². The first-order chi connectivity index (χ1) is 14.4. The van der Waals surface area contributed by atoms with Crippen molar-refractivity contribution in [1.29, 1.82) is 0 Å². The van der Waals surface area contributed by atoms with Crippen LogP contribution in [0.25, 0.3) is 6.08 Å². The van der Waals surface area contributed by atoms with Crippen LogP contribution in [0.1, 0.15) is 5.56 Å². The van der Waals surface area contributed by atoms with Gasteiger partial charge in [-0.2, -0.15) is 4.31 Å². The fourth-order valence-corrected chi connectivity index (χ4v) is 4.40. The summed E-state index contributed by atoms with van der Waals surface area (Å²) in [4.78, 5) is 12.0. The van der Waals surface area contributed by atoms with E-state index in [-0.39, 0.29) is 18.1 Å². The topological polar surface area (TPSA) is 82.1 Å². The molecule has 30 heavy (non-hydrogen) atoms. The van der Waals surface area contributed by atoms with E-state index < -0.39 is 16.0 Å². The summed E-state index contributed by atoms with van der Waals surface area (Å²) in [5, 5.41) is 0. The van der Waals surface area contributed by atoms with Crippen molar-refractivity contribution in [3.05, 3.63) is 64.6 Å². The Morgan fingerprint density at radius 2 is 1.70 bits per heavy atom. The van der Waals surface area contributed by atoms with Gasteiger partial charge >= 0.3 is 5.97 Å². The van der Waals surface area contributed by atoms with Crippen LogP contribution in [0.5, 0.6) is 5.75 Å². The van der Waals surface area contributed by atoms with E-state index >= 15 is 0 Å². The maximum atomic E-state index is 12.6. The van der Waals surface area contributed by atoms with E-state index in [9.17, 15) is 13.2 Å². The van der Waals surface area contributed by atoms with Crippen LogP contribution >= 0.6 is 15.9 Å². The van der Waals surface area contributed by atoms with Crippen LogP contribution in [0, 0.1) is 0 Å². The highest BCUT2D eigenvalue weighted by molar-refractivity contribution is 9.10. The van der Waals surface area contributed by atoms with Gasteiger partial charge in [-0.3, -0.25) is 0 Å². The normalized spacial score (nSPS) is 15.2. The molecule has 9 heteroatoms. The molecular weight excluding hydrogens is 474 g/mol. The predicted molar refractivity (Wildman–Crippen MR) is 116 cm³/mol. The molecule has 1 aliphatic heterocycles. The highest BCUT2D eigenvalue weighted by atomic mass is 79.9. The average molecular weight is 496 g/mol. The van der Waals surface area contributed by atoms with Crippen molar-refractivity contribution in [3.63, 3.8) is 0 Å². The van der Waals surface area contributed by atoms with Crippen LogP contribution in [0.15, 0.2) is 64.0 Å². The van der Waals surface area contributed by atoms with E-state index in [1.807, 2.05) is 24.3 Å². The number of benzene rings is 2. The maximum absolute atomic E-state index is 12.6. The first-order valence-electron chi connectivity index (χ1n) is 9.36. The lowest BCUT2D eigenvalue weighted by molar-refractivity contribution is -0.138. The molecule has 2 aromatic rings. The van der Waals surface area contributed by atoms with Crippen LogP contribution in [-0.2, 0) is 24.3 Å². The zero-order valence-electron chi connectivity index (χ0n) is 16.2. The summed E-state index contributed by atoms with van der Waals surface area (Å²) in [6.07, 6.45) is 2.87. The first kappa shape index (κ1) is 22.5. The van der Waals surface area contributed by atoms with Gasteiger partial charge in [0, 0.05) is 23.6 Å². The third kappa shape index (κ3) is 6.40. The van der Waals surface area contributed by atoms with Crippen molar-refractivity contribution in [3.8, 4) is 5.75 Å². The SMILES string of the molecule is O=C(/C=C/c1ccc(S(=O)(=O)N2CCOCC2)cc1)OCCOc1ccc(Br)cc1. The Kier molecular flexibility index (Phi) is 8.03. The lowest BCUT2D eigenvalue weighted by atomic mass is 10.2. The molecule has 0 aliphatic carbocycles. The number of morpholine rings is 1. The number of ether oxygens (including phenoxy) is 3. The molecule has 0 bridgehead atoms. The third-order valence-corrected chi connectivity index (χ3v) is 6.75. The molecule has 0 spiro atoms. The van der Waals surface area contributed by atoms with Gasteiger partial charge in [-0.1, -0.05) is 28.1 Å². The number of halogens is 1. The van der Waals surface area contributed by atoms with Gasteiger partial charge in [0.2, 0.25) is 10.0 Å². The van der Waals surface area contributed by atoms with Gasteiger partial charge in [-0.25, -0.2) is 13.2 Å². The minimum atomic E-state index is -3.53. The summed E-state index contributed by atoms with van der Waals surface area (Å²) >= 11 is 3.35. The third-order valence-electron chi connectivity index (χ3n) is 4.31. The smallest absolute Gasteiger partial charge is 0.330 e. The Morgan fingerprint density at radius 3 is 2.37 bits per heavy atom. The average Bonchev–Trinajstić information content (AvgIpc) is 2.77. The second-order valence-electron chi connectivity index (χ2n) is 6.39. The molecule has 3 rings (SSSR count). The van der Waals surface area contributed by atoms with Crippen molar-refractivity contribution in [2.45, 2.75) is 4.90 Å². The molecule has 7 nitrogen and oxygen atoms in total. The standard InChI is InChI=1S/C21H22BrNO6S/c22-18-4-6-19(7-5-18)28-15-16-29-21(24)10-3-17-1-8-20(9-2-17)30(25,26)23-11-13-27-14-12-23/h1-10H,11-16H2/b10-3+. The van der Waals surface area contributed by atoms with Gasteiger partial charge in [0.25, 0.3) is 0 Å². The second kappa shape index (κ2) is 10.7. The number of carbonyl (C=O) groups excluding carboxylic acids is 1. The minimum Gasteiger partial charge on any atom is -0.490 e. The van der Waals surface area contributed by atoms with Crippen molar-refractivity contribution in [2.75, 3.05) is 39.5 Å². The van der Waals surface area contributed by atoms with Crippen molar-refractivity contribution < 1.29 is 27.4 Å². The number of esters is 1. The zero-order valence-corrected chi connectivity index (χ0v) is 18.6. The molecule has 0 N–H and O–H groups in total. The van der Waals surface area contributed by atoms with E-state index in [4.69, 9.17) is 14.2 Å². The molecule has 160 valence electrons. The van der Waals surface area contributed by atoms with E-state index in [0.717, 1.165) is 4.47 Å². The van der Waals surface area contributed by atoms with Crippen LogP contribution in [-0.4, -0.2) is 58.2 Å². The van der Waals surface area contributed by atoms with Crippen molar-refractivity contribution in [2.24, 2.45) is 0 Å². The highest BCUT2D eigenvalue weighted by Crippen LogP contribution is 2.18. The molecule has 0 aromatic heterocycles. The lowest BCUT2D eigenvalue weighted by Crippen LogP contribution is -2.40. The Balaban J connectivity index is 1.46. The van der Waals surface area contributed by atoms with Crippen LogP contribution in [0.2, 0.25) is 0 Å². The highest BCUT2D eigenvalue weighted by Gasteiger charge is 2.25. The summed E-state index contributed by atoms with van der Waals surface area (Å²) in [5.41, 5.74) is 0.694. The van der Waals surface area contributed by atoms with Crippen LogP contribution < -0.4 is 4.74 Å². The van der Waals surface area contributed by atoms with Gasteiger partial charge in [-0.05, 0) is 48.0 Å². The molecule has 1 heterocycles. The van der Waals surface area contributed by atoms with E-state index in [1.165, 1.54) is 22.5 Å². The fourth-order valence-electron chi connectivity index (χ4n) is 2.73.